The van der Waals surface area contributed by atoms with E-state index in [1.165, 1.54) is 64.2 Å². The summed E-state index contributed by atoms with van der Waals surface area (Å²) in [5.74, 6) is -0.509. The molecule has 0 aromatic heterocycles. The first kappa shape index (κ1) is 56.1. The summed E-state index contributed by atoms with van der Waals surface area (Å²) >= 11 is 0. The monoisotopic (exact) mass is 871 g/mol. The summed E-state index contributed by atoms with van der Waals surface area (Å²) in [4.78, 5) is 23.1. The highest BCUT2D eigenvalue weighted by Gasteiger charge is 2.51. The van der Waals surface area contributed by atoms with Crippen LogP contribution < -0.4 is 0 Å². The number of aliphatic hydroxyl groups is 5. The van der Waals surface area contributed by atoms with Gasteiger partial charge in [-0.2, -0.15) is 0 Å². The normalized spacial score (nSPS) is 22.9. The minimum Gasteiger partial charge on any atom is -0.457 e. The van der Waals surface area contributed by atoms with Gasteiger partial charge in [-0.05, 0) is 77.0 Å². The van der Waals surface area contributed by atoms with Crippen molar-refractivity contribution >= 4 is 13.8 Å². The molecule has 0 radical (unpaired) electrons. The van der Waals surface area contributed by atoms with Crippen molar-refractivity contribution in [3.63, 3.8) is 0 Å². The van der Waals surface area contributed by atoms with Crippen LogP contribution in [0.5, 0.6) is 0 Å². The van der Waals surface area contributed by atoms with E-state index in [-0.39, 0.29) is 13.0 Å². The Hall–Kier alpha value is -1.96. The predicted octanol–water partition coefficient (Wildman–Crippen LogP) is 9.42. The van der Waals surface area contributed by atoms with Crippen LogP contribution in [0.4, 0.5) is 0 Å². The molecule has 0 aromatic carbocycles. The number of rotatable bonds is 38. The Balaban J connectivity index is 2.39. The second-order valence-corrected chi connectivity index (χ2v) is 17.3. The minimum absolute atomic E-state index is 0.0931. The smallest absolute Gasteiger partial charge is 0.457 e. The van der Waals surface area contributed by atoms with E-state index in [1.54, 1.807) is 0 Å². The SMILES string of the molecule is CC/C=C\C/C=C\C/C=C\CCCCCC(=O)OC(COCCCCCCCCCCCC/C=C\C/C=C\CCCCC)COP(=O)(O)OC1C(O)C(O)C(O)C(O)C1O. The first-order chi connectivity index (χ1) is 29.0. The minimum atomic E-state index is -5.03. The molecule has 6 unspecified atom stereocenters. The third kappa shape index (κ3) is 29.4. The van der Waals surface area contributed by atoms with Crippen LogP contribution >= 0.6 is 7.82 Å². The van der Waals surface area contributed by atoms with Crippen molar-refractivity contribution in [3.05, 3.63) is 60.8 Å². The van der Waals surface area contributed by atoms with Crippen LogP contribution in [0.15, 0.2) is 60.8 Å². The molecule has 0 aliphatic heterocycles. The van der Waals surface area contributed by atoms with Crippen LogP contribution in [0.1, 0.15) is 168 Å². The second kappa shape index (κ2) is 37.6. The average Bonchev–Trinajstić information content (AvgIpc) is 3.23. The molecule has 6 atom stereocenters. The lowest BCUT2D eigenvalue weighted by atomic mass is 9.85. The van der Waals surface area contributed by atoms with E-state index in [1.807, 2.05) is 0 Å². The predicted molar refractivity (Wildman–Crippen MR) is 239 cm³/mol. The number of hydrogen-bond donors (Lipinski definition) is 6. The second-order valence-electron chi connectivity index (χ2n) is 15.9. The quantitative estimate of drug-likeness (QED) is 0.0149. The molecule has 0 saturated heterocycles. The number of ether oxygens (including phenoxy) is 2. The molecular weight excluding hydrogens is 787 g/mol. The largest absolute Gasteiger partial charge is 0.472 e. The fourth-order valence-electron chi connectivity index (χ4n) is 6.69. The zero-order valence-electron chi connectivity index (χ0n) is 37.0. The molecule has 1 aliphatic carbocycles. The molecule has 1 aliphatic rings. The maximum Gasteiger partial charge on any atom is 0.472 e. The number of phosphoric acid groups is 1. The van der Waals surface area contributed by atoms with E-state index >= 15 is 0 Å². The Morgan fingerprint density at radius 2 is 0.983 bits per heavy atom. The molecule has 6 N–H and O–H groups in total. The summed E-state index contributed by atoms with van der Waals surface area (Å²) < 4.78 is 34.1. The summed E-state index contributed by atoms with van der Waals surface area (Å²) in [5.41, 5.74) is 0. The standard InChI is InChI=1S/C47H83O12P/c1-3-5-7-9-11-13-15-17-18-19-20-21-22-23-25-27-29-31-33-35-37-56-38-40(39-57-60(54,55)59-47-45(52)43(50)42(49)44(51)46(47)53)58-41(48)36-34-32-30-28-26-24-16-14-12-10-8-6-4-2/h6,8,11-14,17-18,24,26,40,42-47,49-53H,3-5,7,9-10,15-16,19-23,25,27-39H2,1-2H3,(H,54,55)/b8-6-,13-11-,14-12-,18-17-,26-24-. The van der Waals surface area contributed by atoms with Gasteiger partial charge in [0.15, 0.2) is 0 Å². The molecule has 0 spiro atoms. The lowest BCUT2D eigenvalue weighted by molar-refractivity contribution is -0.220. The lowest BCUT2D eigenvalue weighted by Crippen LogP contribution is -2.64. The molecule has 1 fully saturated rings. The van der Waals surface area contributed by atoms with Crippen LogP contribution in [0, 0.1) is 0 Å². The van der Waals surface area contributed by atoms with Crippen molar-refractivity contribution in [1.29, 1.82) is 0 Å². The Morgan fingerprint density at radius 3 is 1.50 bits per heavy atom. The topological polar surface area (TPSA) is 192 Å². The summed E-state index contributed by atoms with van der Waals surface area (Å²) in [5, 5.41) is 50.2. The summed E-state index contributed by atoms with van der Waals surface area (Å²) in [6.45, 7) is 4.07. The average molecular weight is 871 g/mol. The van der Waals surface area contributed by atoms with Crippen molar-refractivity contribution in [2.75, 3.05) is 19.8 Å². The van der Waals surface area contributed by atoms with Crippen molar-refractivity contribution in [3.8, 4) is 0 Å². The third-order valence-corrected chi connectivity index (χ3v) is 11.4. The van der Waals surface area contributed by atoms with Gasteiger partial charge in [0.25, 0.3) is 0 Å². The van der Waals surface area contributed by atoms with Crippen LogP contribution in [0.25, 0.3) is 0 Å². The zero-order valence-corrected chi connectivity index (χ0v) is 37.9. The Labute approximate surface area is 362 Å². The van der Waals surface area contributed by atoms with Gasteiger partial charge < -0.3 is 39.9 Å². The number of aliphatic hydroxyl groups excluding tert-OH is 5. The maximum absolute atomic E-state index is 12.8. The number of esters is 1. The van der Waals surface area contributed by atoms with Gasteiger partial charge in [0.2, 0.25) is 0 Å². The lowest BCUT2D eigenvalue weighted by Gasteiger charge is -2.41. The van der Waals surface area contributed by atoms with E-state index in [0.717, 1.165) is 77.0 Å². The molecular formula is C47H83O12P. The fourth-order valence-corrected chi connectivity index (χ4v) is 7.67. The van der Waals surface area contributed by atoms with Crippen molar-refractivity contribution in [1.82, 2.24) is 0 Å². The molecule has 0 amide bonds. The summed E-state index contributed by atoms with van der Waals surface area (Å²) in [6, 6.07) is 0. The number of carbonyl (C=O) groups excluding carboxylic acids is 1. The Bertz CT molecular complexity index is 1220. The van der Waals surface area contributed by atoms with E-state index in [4.69, 9.17) is 18.5 Å². The van der Waals surface area contributed by atoms with E-state index < -0.39 is 63.1 Å². The van der Waals surface area contributed by atoms with E-state index in [0.29, 0.717) is 13.0 Å². The van der Waals surface area contributed by atoms with Crippen molar-refractivity contribution in [2.24, 2.45) is 0 Å². The van der Waals surface area contributed by atoms with E-state index in [9.17, 15) is 39.8 Å². The summed E-state index contributed by atoms with van der Waals surface area (Å²) in [7, 11) is -5.03. The van der Waals surface area contributed by atoms with E-state index in [2.05, 4.69) is 74.6 Å². The number of hydrogen-bond acceptors (Lipinski definition) is 11. The van der Waals surface area contributed by atoms with Gasteiger partial charge in [-0.3, -0.25) is 13.8 Å². The van der Waals surface area contributed by atoms with Gasteiger partial charge in [0, 0.05) is 13.0 Å². The maximum atomic E-state index is 12.8. The highest BCUT2D eigenvalue weighted by Crippen LogP contribution is 2.47. The molecule has 12 nitrogen and oxygen atoms in total. The van der Waals surface area contributed by atoms with Gasteiger partial charge >= 0.3 is 13.8 Å². The molecule has 1 saturated carbocycles. The molecule has 0 bridgehead atoms. The molecule has 348 valence electrons. The number of phosphoric ester groups is 1. The van der Waals surface area contributed by atoms with Gasteiger partial charge in [-0.15, -0.1) is 0 Å². The van der Waals surface area contributed by atoms with Crippen LogP contribution in [0.3, 0.4) is 0 Å². The molecule has 0 heterocycles. The molecule has 1 rings (SSSR count). The van der Waals surface area contributed by atoms with Gasteiger partial charge in [-0.1, -0.05) is 145 Å². The van der Waals surface area contributed by atoms with Crippen LogP contribution in [-0.2, 0) is 27.9 Å². The highest BCUT2D eigenvalue weighted by molar-refractivity contribution is 7.47. The fraction of sp³-hybridized carbons (Fsp3) is 0.766. The Morgan fingerprint density at radius 1 is 0.550 bits per heavy atom. The number of allylic oxidation sites excluding steroid dienone is 10. The van der Waals surface area contributed by atoms with Gasteiger partial charge in [0.1, 0.15) is 42.7 Å². The van der Waals surface area contributed by atoms with Crippen LogP contribution in [-0.4, -0.2) is 98.9 Å². The third-order valence-electron chi connectivity index (χ3n) is 10.4. The van der Waals surface area contributed by atoms with Gasteiger partial charge in [-0.25, -0.2) is 4.57 Å². The van der Waals surface area contributed by atoms with Crippen LogP contribution in [0.2, 0.25) is 0 Å². The molecule has 0 aromatic rings. The Kier molecular flexibility index (Phi) is 35.1. The molecule has 13 heteroatoms. The molecule has 60 heavy (non-hydrogen) atoms. The number of carbonyl (C=O) groups is 1. The van der Waals surface area contributed by atoms with Crippen molar-refractivity contribution in [2.45, 2.75) is 211 Å². The van der Waals surface area contributed by atoms with Gasteiger partial charge in [0.05, 0.1) is 13.2 Å². The first-order valence-corrected chi connectivity index (χ1v) is 24.6. The highest BCUT2D eigenvalue weighted by atomic mass is 31.2. The first-order valence-electron chi connectivity index (χ1n) is 23.1. The zero-order chi connectivity index (χ0) is 44.1. The summed E-state index contributed by atoms with van der Waals surface area (Å²) in [6.07, 6.45) is 34.4. The van der Waals surface area contributed by atoms with Crippen molar-refractivity contribution < 1.29 is 58.3 Å². The number of unbranched alkanes of at least 4 members (excludes halogenated alkanes) is 16.